The van der Waals surface area contributed by atoms with Gasteiger partial charge in [0, 0.05) is 12.6 Å². The Bertz CT molecular complexity index is 808. The Balaban J connectivity index is 2.36. The molecule has 8 nitrogen and oxygen atoms in total. The minimum absolute atomic E-state index is 0.104. The topological polar surface area (TPSA) is 104 Å². The summed E-state index contributed by atoms with van der Waals surface area (Å²) < 4.78 is 10.3. The quantitative estimate of drug-likeness (QED) is 0.646. The van der Waals surface area contributed by atoms with Crippen molar-refractivity contribution in [2.75, 3.05) is 20.8 Å². The molecule has 2 amide bonds. The molecule has 0 atom stereocenters. The number of carbonyl (C=O) groups excluding carboxylic acids is 2. The van der Waals surface area contributed by atoms with E-state index in [1.165, 1.54) is 25.1 Å². The van der Waals surface area contributed by atoms with Crippen molar-refractivity contribution in [2.24, 2.45) is 0 Å². The van der Waals surface area contributed by atoms with Gasteiger partial charge in [0.15, 0.2) is 0 Å². The molecule has 0 heterocycles. The highest BCUT2D eigenvalue weighted by molar-refractivity contribution is 6.02. The summed E-state index contributed by atoms with van der Waals surface area (Å²) in [5.74, 6) is 0.0806. The molecule has 0 unspecified atom stereocenters. The summed E-state index contributed by atoms with van der Waals surface area (Å²) in [5, 5.41) is 2.76. The highest BCUT2D eigenvalue weighted by Gasteiger charge is 2.32. The SMILES string of the molecule is CCOC(=O)N(C)C1=CC(NC(=O)c2ccccc2)=C(OC)CC1=[N+]=[N-]. The van der Waals surface area contributed by atoms with E-state index in [1.807, 2.05) is 6.07 Å². The number of ether oxygens (including phenoxy) is 2. The van der Waals surface area contributed by atoms with Crippen LogP contribution < -0.4 is 5.32 Å². The van der Waals surface area contributed by atoms with Gasteiger partial charge in [-0.2, -0.15) is 4.79 Å². The van der Waals surface area contributed by atoms with Gasteiger partial charge in [-0.05, 0) is 25.1 Å². The highest BCUT2D eigenvalue weighted by Crippen LogP contribution is 2.23. The molecule has 0 saturated heterocycles. The minimum atomic E-state index is -0.602. The van der Waals surface area contributed by atoms with Crippen molar-refractivity contribution in [3.8, 4) is 0 Å². The number of methoxy groups -OCH3 is 1. The van der Waals surface area contributed by atoms with Crippen LogP contribution in [0.3, 0.4) is 0 Å². The maximum atomic E-state index is 12.4. The molecule has 26 heavy (non-hydrogen) atoms. The fourth-order valence-electron chi connectivity index (χ4n) is 2.41. The van der Waals surface area contributed by atoms with Crippen molar-refractivity contribution in [1.82, 2.24) is 10.2 Å². The summed E-state index contributed by atoms with van der Waals surface area (Å²) in [4.78, 5) is 28.9. The van der Waals surface area contributed by atoms with Crippen LogP contribution in [-0.4, -0.2) is 48.2 Å². The highest BCUT2D eigenvalue weighted by atomic mass is 16.6. The third kappa shape index (κ3) is 4.17. The molecule has 0 aliphatic heterocycles. The molecule has 0 spiro atoms. The van der Waals surface area contributed by atoms with Crippen molar-refractivity contribution in [3.63, 3.8) is 0 Å². The smallest absolute Gasteiger partial charge is 0.414 e. The van der Waals surface area contributed by atoms with E-state index in [-0.39, 0.29) is 24.6 Å². The van der Waals surface area contributed by atoms with Crippen LogP contribution in [0.15, 0.2) is 53.6 Å². The number of hydrogen-bond donors (Lipinski definition) is 1. The van der Waals surface area contributed by atoms with E-state index < -0.39 is 6.09 Å². The maximum absolute atomic E-state index is 12.4. The van der Waals surface area contributed by atoms with Crippen molar-refractivity contribution in [1.29, 1.82) is 0 Å². The maximum Gasteiger partial charge on any atom is 0.414 e. The zero-order chi connectivity index (χ0) is 19.1. The second kappa shape index (κ2) is 8.64. The normalized spacial score (nSPS) is 13.5. The van der Waals surface area contributed by atoms with Crippen molar-refractivity contribution >= 4 is 17.7 Å². The lowest BCUT2D eigenvalue weighted by molar-refractivity contribution is -0.0100. The van der Waals surface area contributed by atoms with Gasteiger partial charge >= 0.3 is 11.8 Å². The molecule has 0 fully saturated rings. The molecule has 1 aromatic carbocycles. The lowest BCUT2D eigenvalue weighted by Gasteiger charge is -2.22. The van der Waals surface area contributed by atoms with Crippen LogP contribution >= 0.6 is 0 Å². The standard InChI is InChI=1S/C18H20N4O4/c1-4-26-18(24)22(2)15-10-14(16(25-3)11-13(15)21-19)20-17(23)12-8-6-5-7-9-12/h5-10H,4,11H2,1-3H3,(H,20,23). The average molecular weight is 356 g/mol. The van der Waals surface area contributed by atoms with E-state index in [0.717, 1.165) is 0 Å². The number of benzene rings is 1. The summed E-state index contributed by atoms with van der Waals surface area (Å²) in [6, 6.07) is 8.69. The summed E-state index contributed by atoms with van der Waals surface area (Å²) >= 11 is 0. The van der Waals surface area contributed by atoms with Crippen LogP contribution in [0, 0.1) is 0 Å². The first kappa shape index (κ1) is 19.0. The molecule has 1 aliphatic carbocycles. The number of rotatable bonds is 5. The van der Waals surface area contributed by atoms with E-state index in [2.05, 4.69) is 10.1 Å². The number of allylic oxidation sites excluding steroid dienone is 3. The van der Waals surface area contributed by atoms with Gasteiger partial charge in [-0.3, -0.25) is 9.69 Å². The molecule has 1 aromatic rings. The van der Waals surface area contributed by atoms with E-state index in [0.29, 0.717) is 22.7 Å². The van der Waals surface area contributed by atoms with Crippen LogP contribution in [0.2, 0.25) is 0 Å². The van der Waals surface area contributed by atoms with Gasteiger partial charge in [0.05, 0.1) is 19.4 Å². The van der Waals surface area contributed by atoms with Crippen LogP contribution in [-0.2, 0) is 9.47 Å². The molecule has 2 rings (SSSR count). The van der Waals surface area contributed by atoms with Gasteiger partial charge in [0.2, 0.25) is 0 Å². The molecule has 0 aromatic heterocycles. The first-order valence-electron chi connectivity index (χ1n) is 7.98. The number of amides is 2. The Labute approximate surface area is 151 Å². The Morgan fingerprint density at radius 3 is 2.58 bits per heavy atom. The van der Waals surface area contributed by atoms with Gasteiger partial charge in [0.25, 0.3) is 5.91 Å². The zero-order valence-electron chi connectivity index (χ0n) is 14.9. The summed E-state index contributed by atoms with van der Waals surface area (Å²) in [6.07, 6.45) is 1.01. The van der Waals surface area contributed by atoms with E-state index in [4.69, 9.17) is 9.47 Å². The Hall–Kier alpha value is -3.38. The lowest BCUT2D eigenvalue weighted by atomic mass is 10.0. The first-order valence-corrected chi connectivity index (χ1v) is 7.98. The molecule has 1 N–H and O–H groups in total. The van der Waals surface area contributed by atoms with Gasteiger partial charge in [-0.1, -0.05) is 18.2 Å². The molecule has 0 radical (unpaired) electrons. The average Bonchev–Trinajstić information content (AvgIpc) is 2.67. The lowest BCUT2D eigenvalue weighted by Crippen LogP contribution is -2.35. The predicted molar refractivity (Wildman–Crippen MR) is 94.1 cm³/mol. The van der Waals surface area contributed by atoms with Gasteiger partial charge < -0.3 is 20.3 Å². The zero-order valence-corrected chi connectivity index (χ0v) is 14.9. The Kier molecular flexibility index (Phi) is 6.30. The second-order valence-electron chi connectivity index (χ2n) is 5.37. The molecule has 0 saturated carbocycles. The third-order valence-corrected chi connectivity index (χ3v) is 3.76. The van der Waals surface area contributed by atoms with Crippen molar-refractivity contribution < 1.29 is 23.9 Å². The fourth-order valence-corrected chi connectivity index (χ4v) is 2.41. The predicted octanol–water partition coefficient (Wildman–Crippen LogP) is 2.32. The van der Waals surface area contributed by atoms with Gasteiger partial charge in [-0.25, -0.2) is 4.79 Å². The molecular formula is C18H20N4O4. The minimum Gasteiger partial charge on any atom is -0.498 e. The second-order valence-corrected chi connectivity index (χ2v) is 5.37. The van der Waals surface area contributed by atoms with Crippen LogP contribution in [0.5, 0.6) is 0 Å². The number of hydrogen-bond acceptors (Lipinski definition) is 4. The molecule has 8 heteroatoms. The molecule has 1 aliphatic rings. The largest absolute Gasteiger partial charge is 0.498 e. The fraction of sp³-hybridized carbons (Fsp3) is 0.278. The molecule has 0 bridgehead atoms. The van der Waals surface area contributed by atoms with E-state index >= 15 is 0 Å². The van der Waals surface area contributed by atoms with Crippen molar-refractivity contribution in [2.45, 2.75) is 13.3 Å². The van der Waals surface area contributed by atoms with E-state index in [1.54, 1.807) is 31.2 Å². The van der Waals surface area contributed by atoms with E-state index in [9.17, 15) is 15.1 Å². The summed E-state index contributed by atoms with van der Waals surface area (Å²) in [7, 11) is 2.94. The van der Waals surface area contributed by atoms with Crippen molar-refractivity contribution in [3.05, 3.63) is 64.7 Å². The number of nitrogens with one attached hydrogen (secondary N) is 1. The van der Waals surface area contributed by atoms with Crippen LogP contribution in [0.1, 0.15) is 23.7 Å². The Morgan fingerprint density at radius 2 is 2.00 bits per heavy atom. The first-order chi connectivity index (χ1) is 12.5. The monoisotopic (exact) mass is 356 g/mol. The summed E-state index contributed by atoms with van der Waals surface area (Å²) in [6.45, 7) is 1.90. The van der Waals surface area contributed by atoms with Gasteiger partial charge in [-0.15, -0.1) is 0 Å². The van der Waals surface area contributed by atoms with Crippen LogP contribution in [0.4, 0.5) is 4.79 Å². The Morgan fingerprint density at radius 1 is 1.31 bits per heavy atom. The number of nitrogens with zero attached hydrogens (tertiary/aromatic N) is 3. The number of carbonyl (C=O) groups is 2. The summed E-state index contributed by atoms with van der Waals surface area (Å²) in [5.41, 5.74) is 10.7. The third-order valence-electron chi connectivity index (χ3n) is 3.76. The molecule has 136 valence electrons. The molecular weight excluding hydrogens is 336 g/mol. The van der Waals surface area contributed by atoms with Gasteiger partial charge in [0.1, 0.15) is 17.9 Å². The van der Waals surface area contributed by atoms with Crippen LogP contribution in [0.25, 0.3) is 5.53 Å².